The standard InChI is InChI=1S/C64H80N16O12/c1-33(2)53(71-55(81)35(5)65-7)61(87)77-31-45-27-51(77)59(85)67-47(23-37-17-19-39-13-9-11-15-41(39)21-37)57(83)69-50(64(91)92)26-44-30-80(76-74-44)46-28-52(78(32-46)62(88)54(34(3)4)72-56(82)36(6)66-8)60(86)68-48(24-38-18-20-40-14-10-12-16-42(40)22-38)58(84)70-49(63(89)90)25-43-29-79(45)75-73-43/h9-22,29-30,33-36,45-54,65-66H,23-28,31-32H2,1-8H3,(H,67,85)(H,68,86)(H,69,83)(H,70,84)(H,71,81)(H,72,82)(H,89,90)(H,91,92)/t35-,36-,45-,46?,47-,48-,49-,50-,51-,52-,53-,54-/m0/s1. The third kappa shape index (κ3) is 15.5. The van der Waals surface area contributed by atoms with Gasteiger partial charge in [0.15, 0.2) is 0 Å². The van der Waals surface area contributed by atoms with Gasteiger partial charge >= 0.3 is 11.9 Å². The van der Waals surface area contributed by atoms with E-state index in [1.54, 1.807) is 67.8 Å². The molecular weight excluding hydrogens is 1180 g/mol. The number of rotatable bonds is 16. The molecule has 2 saturated heterocycles. The summed E-state index contributed by atoms with van der Waals surface area (Å²) < 4.78 is 2.74. The largest absolute Gasteiger partial charge is 0.480 e. The highest BCUT2D eigenvalue weighted by molar-refractivity contribution is 5.98. The van der Waals surface area contributed by atoms with Gasteiger partial charge in [-0.1, -0.05) is 123 Å². The molecule has 92 heavy (non-hydrogen) atoms. The molecular formula is C64H80N16O12. The van der Waals surface area contributed by atoms with Gasteiger partial charge in [-0.2, -0.15) is 0 Å². The average Bonchev–Trinajstić information content (AvgIpc) is 1.72. The van der Waals surface area contributed by atoms with Crippen LogP contribution in [0.3, 0.4) is 0 Å². The molecule has 0 radical (unpaired) electrons. The van der Waals surface area contributed by atoms with Crippen molar-refractivity contribution in [3.8, 4) is 0 Å². The normalized spacial score (nSPS) is 23.0. The minimum atomic E-state index is -1.67. The number of aromatic nitrogens is 6. The van der Waals surface area contributed by atoms with Crippen molar-refractivity contribution in [2.24, 2.45) is 11.8 Å². The highest BCUT2D eigenvalue weighted by Gasteiger charge is 2.47. The number of carboxylic acid groups (broad SMARTS) is 2. The van der Waals surface area contributed by atoms with E-state index in [1.165, 1.54) is 31.6 Å². The number of nitrogens with one attached hydrogen (secondary N) is 8. The van der Waals surface area contributed by atoms with Gasteiger partial charge in [-0.05, 0) is 72.5 Å². The molecule has 10 N–H and O–H groups in total. The first-order valence-electron chi connectivity index (χ1n) is 30.9. The first-order chi connectivity index (χ1) is 43.9. The second-order valence-corrected chi connectivity index (χ2v) is 24.8. The van der Waals surface area contributed by atoms with Crippen LogP contribution < -0.4 is 42.5 Å². The highest BCUT2D eigenvalue weighted by Crippen LogP contribution is 2.32. The second kappa shape index (κ2) is 29.1. The predicted molar refractivity (Wildman–Crippen MR) is 335 cm³/mol. The number of nitrogens with zero attached hydrogens (tertiary/aromatic N) is 8. The number of amides is 8. The summed E-state index contributed by atoms with van der Waals surface area (Å²) in [7, 11) is 3.17. The van der Waals surface area contributed by atoms with Gasteiger partial charge in [-0.25, -0.2) is 19.0 Å². The van der Waals surface area contributed by atoms with Gasteiger partial charge in [-0.15, -0.1) is 10.2 Å². The fourth-order valence-corrected chi connectivity index (χ4v) is 11.9. The van der Waals surface area contributed by atoms with Gasteiger partial charge < -0.3 is 62.5 Å². The molecule has 8 amide bonds. The first-order valence-corrected chi connectivity index (χ1v) is 30.9. The Kier molecular flexibility index (Phi) is 21.1. The molecule has 3 aliphatic heterocycles. The number of fused-ring (bicyclic) bond motifs is 12. The molecule has 2 aromatic heterocycles. The fourth-order valence-electron chi connectivity index (χ4n) is 11.9. The zero-order valence-electron chi connectivity index (χ0n) is 52.5. The maximum absolute atomic E-state index is 15.1. The van der Waals surface area contributed by atoms with Gasteiger partial charge in [0.1, 0.15) is 48.3 Å². The average molecular weight is 1270 g/mol. The topological polar surface area (TPSA) is 375 Å². The smallest absolute Gasteiger partial charge is 0.326 e. The van der Waals surface area contributed by atoms with Gasteiger partial charge in [0.25, 0.3) is 0 Å². The van der Waals surface area contributed by atoms with Gasteiger partial charge in [-0.3, -0.25) is 38.4 Å². The van der Waals surface area contributed by atoms with E-state index in [2.05, 4.69) is 63.2 Å². The lowest BCUT2D eigenvalue weighted by molar-refractivity contribution is -0.144. The number of carboxylic acids is 2. The lowest BCUT2D eigenvalue weighted by atomic mass is 9.99. The first kappa shape index (κ1) is 66.7. The maximum Gasteiger partial charge on any atom is 0.326 e. The van der Waals surface area contributed by atoms with Crippen LogP contribution >= 0.6 is 0 Å². The molecule has 488 valence electrons. The van der Waals surface area contributed by atoms with Gasteiger partial charge in [0.2, 0.25) is 47.3 Å². The molecule has 8 bridgehead atoms. The van der Waals surface area contributed by atoms with E-state index in [4.69, 9.17) is 0 Å². The van der Waals surface area contributed by atoms with Crippen LogP contribution in [0.25, 0.3) is 21.5 Å². The molecule has 12 atom stereocenters. The predicted octanol–water partition coefficient (Wildman–Crippen LogP) is 0.350. The van der Waals surface area contributed by atoms with E-state index in [0.29, 0.717) is 11.1 Å². The van der Waals surface area contributed by atoms with Gasteiger partial charge in [0, 0.05) is 64.0 Å². The molecule has 3 aliphatic rings. The summed E-state index contributed by atoms with van der Waals surface area (Å²) in [6.45, 7) is 9.77. The fraction of sp³-hybridized carbons (Fsp3) is 0.469. The van der Waals surface area contributed by atoms with Crippen LogP contribution in [0.4, 0.5) is 0 Å². The molecule has 5 heterocycles. The summed E-state index contributed by atoms with van der Waals surface area (Å²) in [4.78, 5) is 146. The summed E-state index contributed by atoms with van der Waals surface area (Å²) in [6.07, 6.45) is 1.41. The Bertz CT molecular complexity index is 3520. The molecule has 2 fully saturated rings. The lowest BCUT2D eigenvalue weighted by Gasteiger charge is -2.32. The van der Waals surface area contributed by atoms with Crippen molar-refractivity contribution in [3.05, 3.63) is 120 Å². The lowest BCUT2D eigenvalue weighted by Crippen LogP contribution is -2.59. The Morgan fingerprint density at radius 2 is 0.891 bits per heavy atom. The molecule has 0 saturated carbocycles. The van der Waals surface area contributed by atoms with Crippen molar-refractivity contribution < 1.29 is 58.2 Å². The zero-order valence-corrected chi connectivity index (χ0v) is 52.5. The van der Waals surface area contributed by atoms with Crippen molar-refractivity contribution >= 4 is 80.7 Å². The molecule has 28 nitrogen and oxygen atoms in total. The van der Waals surface area contributed by atoms with Crippen LogP contribution in [0.2, 0.25) is 0 Å². The quantitative estimate of drug-likeness (QED) is 0.0625. The molecule has 28 heteroatoms. The maximum atomic E-state index is 15.1. The zero-order chi connectivity index (χ0) is 66.2. The number of likely N-dealkylation sites (tertiary alicyclic amines) is 2. The highest BCUT2D eigenvalue weighted by atomic mass is 16.4. The van der Waals surface area contributed by atoms with E-state index >= 15 is 9.59 Å². The number of carbonyl (C=O) groups excluding carboxylic acids is 8. The van der Waals surface area contributed by atoms with Crippen LogP contribution in [0.5, 0.6) is 0 Å². The Balaban J connectivity index is 1.11. The summed E-state index contributed by atoms with van der Waals surface area (Å²) in [6, 6.07) is 11.6. The number of likely N-dealkylation sites (N-methyl/N-ethyl adjacent to an activating group) is 2. The Morgan fingerprint density at radius 3 is 1.24 bits per heavy atom. The summed E-state index contributed by atoms with van der Waals surface area (Å²) >= 11 is 0. The van der Waals surface area contributed by atoms with Crippen LogP contribution in [-0.2, 0) is 73.6 Å². The van der Waals surface area contributed by atoms with E-state index in [0.717, 1.165) is 21.5 Å². The number of hydrogen-bond acceptors (Lipinski definition) is 16. The number of hydrogen-bond donors (Lipinski definition) is 10. The molecule has 6 aromatic rings. The Labute approximate surface area is 530 Å². The van der Waals surface area contributed by atoms with Crippen molar-refractivity contribution in [1.29, 1.82) is 0 Å². The monoisotopic (exact) mass is 1260 g/mol. The molecule has 1 unspecified atom stereocenters. The third-order valence-electron chi connectivity index (χ3n) is 17.5. The van der Waals surface area contributed by atoms with Gasteiger partial charge in [0.05, 0.1) is 35.6 Å². The van der Waals surface area contributed by atoms with Crippen molar-refractivity contribution in [2.45, 2.75) is 153 Å². The Morgan fingerprint density at radius 1 is 0.522 bits per heavy atom. The third-order valence-corrected chi connectivity index (χ3v) is 17.5. The number of aliphatic carboxylic acids is 2. The molecule has 0 spiro atoms. The van der Waals surface area contributed by atoms with Crippen LogP contribution in [0.1, 0.15) is 89.0 Å². The SMILES string of the molecule is CN[C@@H](C)C(=O)N[C@H](C(=O)N1CC2C[C@H]1C(=O)N[C@@H](Cc1ccc3ccccc3c1)C(=O)N[C@H](C(=O)O)Cc1cn(nn1)[C@H]1C[C@@H](C(=O)N[C@@H](Cc3ccc4ccccc4c3)C(=O)N[C@H](C(=O)O)Cc3cn2nn3)N(C(=O)[C@@H](NC(=O)[C@H](C)NC)C(C)C)C1)C(C)C. The van der Waals surface area contributed by atoms with Crippen LogP contribution in [0, 0.1) is 11.8 Å². The van der Waals surface area contributed by atoms with E-state index in [1.807, 2.05) is 72.8 Å². The van der Waals surface area contributed by atoms with E-state index in [-0.39, 0.29) is 50.2 Å². The second-order valence-electron chi connectivity index (χ2n) is 24.8. The van der Waals surface area contributed by atoms with Crippen molar-refractivity contribution in [1.82, 2.24) is 82.3 Å². The van der Waals surface area contributed by atoms with E-state index in [9.17, 15) is 48.6 Å². The van der Waals surface area contributed by atoms with E-state index < -0.39 is 156 Å². The van der Waals surface area contributed by atoms with Crippen molar-refractivity contribution in [2.75, 3.05) is 27.2 Å². The minimum Gasteiger partial charge on any atom is -0.480 e. The Hall–Kier alpha value is -9.70. The molecule has 0 aliphatic carbocycles. The summed E-state index contributed by atoms with van der Waals surface area (Å²) in [5, 5.41) is 64.5. The summed E-state index contributed by atoms with van der Waals surface area (Å²) in [5.74, 6) is -9.56. The molecule has 9 rings (SSSR count). The molecule has 4 aromatic carbocycles. The van der Waals surface area contributed by atoms with Crippen LogP contribution in [0.15, 0.2) is 97.3 Å². The minimum absolute atomic E-state index is 0.0758. The summed E-state index contributed by atoms with van der Waals surface area (Å²) in [5.41, 5.74) is 1.34. The number of carbonyl (C=O) groups is 10. The van der Waals surface area contributed by atoms with Crippen molar-refractivity contribution in [3.63, 3.8) is 0 Å². The van der Waals surface area contributed by atoms with Crippen LogP contribution in [-0.4, -0.2) is 197 Å². The number of benzene rings is 4.